The molecule has 0 aliphatic rings. The molecule has 1 aromatic heterocycles. The summed E-state index contributed by atoms with van der Waals surface area (Å²) in [6.45, 7) is 5.33. The quantitative estimate of drug-likeness (QED) is 0.778. The normalized spacial score (nSPS) is 13.9. The van der Waals surface area contributed by atoms with Gasteiger partial charge in [0, 0.05) is 25.0 Å². The van der Waals surface area contributed by atoms with Crippen LogP contribution in [0.1, 0.15) is 12.5 Å². The predicted octanol–water partition coefficient (Wildman–Crippen LogP) is 0.214. The lowest BCUT2D eigenvalue weighted by Crippen LogP contribution is -2.34. The van der Waals surface area contributed by atoms with Gasteiger partial charge in [-0.2, -0.15) is 5.10 Å². The van der Waals surface area contributed by atoms with Crippen LogP contribution >= 0.6 is 0 Å². The Kier molecular flexibility index (Phi) is 4.49. The SMILES string of the molecule is Cc1cnn(CCNC(C)CS(C)(=O)=O)c1. The Bertz CT molecular complexity index is 425. The van der Waals surface area contributed by atoms with E-state index in [1.54, 1.807) is 6.20 Å². The fraction of sp³-hybridized carbons (Fsp3) is 0.700. The molecule has 92 valence electrons. The molecular weight excluding hydrogens is 226 g/mol. The van der Waals surface area contributed by atoms with E-state index in [4.69, 9.17) is 0 Å². The number of nitrogens with one attached hydrogen (secondary N) is 1. The third kappa shape index (κ3) is 5.27. The number of nitrogens with zero attached hydrogens (tertiary/aromatic N) is 2. The van der Waals surface area contributed by atoms with Crippen molar-refractivity contribution in [3.63, 3.8) is 0 Å². The van der Waals surface area contributed by atoms with Crippen LogP contribution in [0.15, 0.2) is 12.4 Å². The lowest BCUT2D eigenvalue weighted by atomic mass is 10.4. The number of aryl methyl sites for hydroxylation is 1. The van der Waals surface area contributed by atoms with Crippen molar-refractivity contribution in [1.29, 1.82) is 0 Å². The second-order valence-corrected chi connectivity index (χ2v) is 6.41. The van der Waals surface area contributed by atoms with E-state index in [-0.39, 0.29) is 11.8 Å². The molecule has 1 rings (SSSR count). The Morgan fingerprint density at radius 3 is 2.75 bits per heavy atom. The van der Waals surface area contributed by atoms with Gasteiger partial charge in [0.1, 0.15) is 9.84 Å². The molecule has 0 aromatic carbocycles. The number of rotatable bonds is 6. The fourth-order valence-electron chi connectivity index (χ4n) is 1.53. The summed E-state index contributed by atoms with van der Waals surface area (Å²) in [6.07, 6.45) is 5.02. The van der Waals surface area contributed by atoms with Crippen LogP contribution < -0.4 is 5.32 Å². The van der Waals surface area contributed by atoms with Crippen molar-refractivity contribution in [1.82, 2.24) is 15.1 Å². The summed E-state index contributed by atoms with van der Waals surface area (Å²) in [5, 5.41) is 7.30. The molecule has 0 bridgehead atoms. The van der Waals surface area contributed by atoms with Crippen LogP contribution in [0.25, 0.3) is 0 Å². The molecule has 16 heavy (non-hydrogen) atoms. The highest BCUT2D eigenvalue weighted by molar-refractivity contribution is 7.90. The zero-order chi connectivity index (χ0) is 12.2. The molecule has 0 fully saturated rings. The van der Waals surface area contributed by atoms with Crippen molar-refractivity contribution in [2.75, 3.05) is 18.6 Å². The van der Waals surface area contributed by atoms with Crippen molar-refractivity contribution in [3.05, 3.63) is 18.0 Å². The maximum Gasteiger partial charge on any atom is 0.148 e. The van der Waals surface area contributed by atoms with Gasteiger partial charge < -0.3 is 5.32 Å². The van der Waals surface area contributed by atoms with Crippen LogP contribution in [-0.4, -0.2) is 42.8 Å². The van der Waals surface area contributed by atoms with Crippen molar-refractivity contribution in [2.24, 2.45) is 0 Å². The Morgan fingerprint density at radius 1 is 1.56 bits per heavy atom. The summed E-state index contributed by atoms with van der Waals surface area (Å²) < 4.78 is 23.9. The van der Waals surface area contributed by atoms with Crippen molar-refractivity contribution in [3.8, 4) is 0 Å². The van der Waals surface area contributed by atoms with Gasteiger partial charge in [-0.05, 0) is 19.4 Å². The molecule has 0 amide bonds. The Labute approximate surface area is 96.8 Å². The Hall–Kier alpha value is -0.880. The van der Waals surface area contributed by atoms with Gasteiger partial charge in [-0.25, -0.2) is 8.42 Å². The first-order valence-electron chi connectivity index (χ1n) is 5.27. The monoisotopic (exact) mass is 245 g/mol. The standard InChI is InChI=1S/C10H19N3O2S/c1-9-6-12-13(7-9)5-4-11-10(2)8-16(3,14)15/h6-7,10-11H,4-5,8H2,1-3H3. The molecular formula is C10H19N3O2S. The van der Waals surface area contributed by atoms with Crippen LogP contribution in [0.3, 0.4) is 0 Å². The highest BCUT2D eigenvalue weighted by atomic mass is 32.2. The van der Waals surface area contributed by atoms with Gasteiger partial charge in [-0.15, -0.1) is 0 Å². The zero-order valence-electron chi connectivity index (χ0n) is 9.97. The van der Waals surface area contributed by atoms with E-state index >= 15 is 0 Å². The van der Waals surface area contributed by atoms with Crippen LogP contribution in [0.2, 0.25) is 0 Å². The molecule has 0 aliphatic heterocycles. The second-order valence-electron chi connectivity index (χ2n) is 4.23. The minimum absolute atomic E-state index is 0.0216. The summed E-state index contributed by atoms with van der Waals surface area (Å²) in [5.41, 5.74) is 1.13. The highest BCUT2D eigenvalue weighted by Crippen LogP contribution is 1.94. The molecule has 1 heterocycles. The molecule has 1 unspecified atom stereocenters. The second kappa shape index (κ2) is 5.45. The van der Waals surface area contributed by atoms with Crippen molar-refractivity contribution >= 4 is 9.84 Å². The number of sulfone groups is 1. The first kappa shape index (κ1) is 13.2. The van der Waals surface area contributed by atoms with Gasteiger partial charge in [0.2, 0.25) is 0 Å². The van der Waals surface area contributed by atoms with Gasteiger partial charge in [0.15, 0.2) is 0 Å². The maximum absolute atomic E-state index is 11.0. The molecule has 0 saturated heterocycles. The summed E-state index contributed by atoms with van der Waals surface area (Å²) in [6, 6.07) is -0.0216. The van der Waals surface area contributed by atoms with E-state index in [2.05, 4.69) is 10.4 Å². The minimum atomic E-state index is -2.90. The average Bonchev–Trinajstić information content (AvgIpc) is 2.48. The lowest BCUT2D eigenvalue weighted by Gasteiger charge is -2.12. The van der Waals surface area contributed by atoms with E-state index in [1.807, 2.05) is 24.7 Å². The smallest absolute Gasteiger partial charge is 0.148 e. The van der Waals surface area contributed by atoms with E-state index in [0.717, 1.165) is 18.7 Å². The lowest BCUT2D eigenvalue weighted by molar-refractivity contribution is 0.510. The number of hydrogen-bond acceptors (Lipinski definition) is 4. The van der Waals surface area contributed by atoms with Crippen molar-refractivity contribution < 1.29 is 8.42 Å². The van der Waals surface area contributed by atoms with Crippen LogP contribution in [0, 0.1) is 6.92 Å². The third-order valence-corrected chi connectivity index (χ3v) is 3.25. The predicted molar refractivity (Wildman–Crippen MR) is 64.1 cm³/mol. The summed E-state index contributed by atoms with van der Waals surface area (Å²) >= 11 is 0. The van der Waals surface area contributed by atoms with Gasteiger partial charge in [0.05, 0.1) is 18.5 Å². The first-order valence-corrected chi connectivity index (χ1v) is 7.33. The van der Waals surface area contributed by atoms with E-state index in [1.165, 1.54) is 6.26 Å². The van der Waals surface area contributed by atoms with Crippen LogP contribution in [0.5, 0.6) is 0 Å². The molecule has 1 aromatic rings. The molecule has 0 spiro atoms. The van der Waals surface area contributed by atoms with Gasteiger partial charge in [-0.1, -0.05) is 0 Å². The van der Waals surface area contributed by atoms with E-state index in [9.17, 15) is 8.42 Å². The minimum Gasteiger partial charge on any atom is -0.311 e. The van der Waals surface area contributed by atoms with Crippen LogP contribution in [0.4, 0.5) is 0 Å². The maximum atomic E-state index is 11.0. The Balaban J connectivity index is 2.25. The summed E-state index contributed by atoms with van der Waals surface area (Å²) in [7, 11) is -2.90. The van der Waals surface area contributed by atoms with E-state index in [0.29, 0.717) is 0 Å². The van der Waals surface area contributed by atoms with Gasteiger partial charge in [-0.3, -0.25) is 4.68 Å². The first-order chi connectivity index (χ1) is 7.37. The molecule has 0 radical (unpaired) electrons. The molecule has 6 heteroatoms. The van der Waals surface area contributed by atoms with Crippen molar-refractivity contribution in [2.45, 2.75) is 26.4 Å². The van der Waals surface area contributed by atoms with E-state index < -0.39 is 9.84 Å². The highest BCUT2D eigenvalue weighted by Gasteiger charge is 2.09. The average molecular weight is 245 g/mol. The number of aromatic nitrogens is 2. The Morgan fingerprint density at radius 2 is 2.25 bits per heavy atom. The largest absolute Gasteiger partial charge is 0.311 e. The third-order valence-electron chi connectivity index (χ3n) is 2.15. The zero-order valence-corrected chi connectivity index (χ0v) is 10.8. The van der Waals surface area contributed by atoms with Gasteiger partial charge in [0.25, 0.3) is 0 Å². The molecule has 0 saturated carbocycles. The van der Waals surface area contributed by atoms with Crippen LogP contribution in [-0.2, 0) is 16.4 Å². The number of hydrogen-bond donors (Lipinski definition) is 1. The summed E-state index contributed by atoms with van der Waals surface area (Å²) in [4.78, 5) is 0. The van der Waals surface area contributed by atoms with Gasteiger partial charge >= 0.3 is 0 Å². The molecule has 5 nitrogen and oxygen atoms in total. The topological polar surface area (TPSA) is 64.0 Å². The molecule has 1 N–H and O–H groups in total. The molecule has 0 aliphatic carbocycles. The summed E-state index contributed by atoms with van der Waals surface area (Å²) in [5.74, 6) is 0.172. The molecule has 1 atom stereocenters. The fourth-order valence-corrected chi connectivity index (χ4v) is 2.55.